The summed E-state index contributed by atoms with van der Waals surface area (Å²) in [7, 11) is 0. The number of hydrogen-bond donors (Lipinski definition) is 0. The lowest BCUT2D eigenvalue weighted by Crippen LogP contribution is -2.62. The molecule has 4 aliphatic rings. The van der Waals surface area contributed by atoms with Gasteiger partial charge in [0.2, 0.25) is 0 Å². The van der Waals surface area contributed by atoms with Gasteiger partial charge in [-0.2, -0.15) is 0 Å². The normalized spacial score (nSPS) is 17.7. The van der Waals surface area contributed by atoms with E-state index in [2.05, 4.69) is 258 Å². The topological polar surface area (TPSA) is 6.48 Å². The van der Waals surface area contributed by atoms with E-state index in [1.54, 1.807) is 0 Å². The number of rotatable bonds is 4. The zero-order valence-electron chi connectivity index (χ0n) is 47.6. The molecule has 76 heavy (non-hydrogen) atoms. The van der Waals surface area contributed by atoms with Crippen LogP contribution in [0.5, 0.6) is 0 Å². The zero-order chi connectivity index (χ0) is 53.2. The van der Waals surface area contributed by atoms with E-state index < -0.39 is 0 Å². The predicted octanol–water partition coefficient (Wildman–Crippen LogP) is 18.8. The van der Waals surface area contributed by atoms with Crippen LogP contribution in [-0.2, 0) is 32.5 Å². The Morgan fingerprint density at radius 2 is 0.987 bits per heavy atom. The Labute approximate surface area is 458 Å². The number of hydrogen-bond acceptors (Lipinski definition) is 3. The van der Waals surface area contributed by atoms with Crippen molar-refractivity contribution >= 4 is 88.7 Å². The molecule has 1 aromatic heterocycles. The fourth-order valence-corrected chi connectivity index (χ4v) is 15.2. The summed E-state index contributed by atoms with van der Waals surface area (Å²) in [4.78, 5) is 5.43. The van der Waals surface area contributed by atoms with Crippen molar-refractivity contribution in [2.24, 2.45) is 0 Å². The van der Waals surface area contributed by atoms with Crippen molar-refractivity contribution in [2.45, 2.75) is 155 Å². The van der Waals surface area contributed by atoms with Crippen LogP contribution in [0.4, 0.5) is 34.1 Å². The maximum absolute atomic E-state index is 2.73. The van der Waals surface area contributed by atoms with E-state index in [0.29, 0.717) is 0 Å². The highest BCUT2D eigenvalue weighted by Gasteiger charge is 2.48. The third kappa shape index (κ3) is 7.54. The van der Waals surface area contributed by atoms with Gasteiger partial charge in [-0.25, -0.2) is 0 Å². The summed E-state index contributed by atoms with van der Waals surface area (Å²) in [6.45, 7) is 34.0. The number of thiophene rings is 1. The predicted molar refractivity (Wildman–Crippen MR) is 332 cm³/mol. The van der Waals surface area contributed by atoms with Gasteiger partial charge in [0.25, 0.3) is 6.71 Å². The summed E-state index contributed by atoms with van der Waals surface area (Å²) in [5.74, 6) is 0. The second-order valence-corrected chi connectivity index (χ2v) is 29.0. The highest BCUT2D eigenvalue weighted by Crippen LogP contribution is 2.55. The van der Waals surface area contributed by atoms with Gasteiger partial charge in [-0.1, -0.05) is 194 Å². The summed E-state index contributed by atoms with van der Waals surface area (Å²) in [5.41, 5.74) is 25.4. The van der Waals surface area contributed by atoms with Crippen LogP contribution in [0.25, 0.3) is 42.4 Å². The third-order valence-corrected chi connectivity index (χ3v) is 20.0. The molecule has 2 nitrogen and oxygen atoms in total. The summed E-state index contributed by atoms with van der Waals surface area (Å²) < 4.78 is 2.68. The molecule has 9 aromatic rings. The van der Waals surface area contributed by atoms with Crippen LogP contribution in [0.3, 0.4) is 0 Å². The van der Waals surface area contributed by atoms with Gasteiger partial charge in [0.15, 0.2) is 0 Å². The van der Waals surface area contributed by atoms with E-state index >= 15 is 0 Å². The van der Waals surface area contributed by atoms with Crippen LogP contribution in [-0.4, -0.2) is 6.71 Å². The van der Waals surface area contributed by atoms with Crippen LogP contribution >= 0.6 is 11.3 Å². The molecule has 0 spiro atoms. The summed E-state index contributed by atoms with van der Waals surface area (Å²) in [6.07, 6.45) is 4.67. The quantitative estimate of drug-likeness (QED) is 0.162. The second-order valence-electron chi connectivity index (χ2n) is 27.9. The molecule has 0 N–H and O–H groups in total. The van der Waals surface area contributed by atoms with E-state index in [1.165, 1.54) is 133 Å². The number of benzene rings is 8. The van der Waals surface area contributed by atoms with Crippen molar-refractivity contribution < 1.29 is 0 Å². The number of fused-ring (bicyclic) bond motifs is 9. The van der Waals surface area contributed by atoms with Crippen molar-refractivity contribution in [2.75, 3.05) is 9.80 Å². The van der Waals surface area contributed by atoms with Crippen molar-refractivity contribution in [1.82, 2.24) is 0 Å². The van der Waals surface area contributed by atoms with Crippen LogP contribution in [0.2, 0.25) is 0 Å². The first kappa shape index (κ1) is 49.2. The monoisotopic (exact) mass is 1010 g/mol. The Balaban J connectivity index is 1.22. The van der Waals surface area contributed by atoms with E-state index in [0.717, 1.165) is 19.3 Å². The molecule has 0 radical (unpaired) electrons. The smallest absolute Gasteiger partial charge is 0.252 e. The Morgan fingerprint density at radius 3 is 1.62 bits per heavy atom. The molecule has 2 aliphatic heterocycles. The van der Waals surface area contributed by atoms with Crippen molar-refractivity contribution in [3.8, 4) is 22.3 Å². The van der Waals surface area contributed by atoms with E-state index in [9.17, 15) is 0 Å². The Bertz CT molecular complexity index is 3860. The standard InChI is InChI=1S/C72H75BN2S/c1-67(2,3)47-28-31-58(49(38-47)45-24-19-16-20-25-45)75-60-43-64-50(65-52(68(4,5)6)26-21-27-63(65)76-64)40-56(60)73-57-41-54-55(72(13,14)35-34-71(54,11)12)42-59(57)74(48-29-30-51-53(39-48)70(9,10)33-32-69(51,7)8)61-36-46(37-62(75)66(61)73)44-22-17-15-18-23-44/h15-31,36-43H,32-35H2,1-14H3. The van der Waals surface area contributed by atoms with Gasteiger partial charge >= 0.3 is 0 Å². The van der Waals surface area contributed by atoms with Crippen LogP contribution < -0.4 is 26.2 Å². The average Bonchev–Trinajstić information content (AvgIpc) is 3.77. The zero-order valence-corrected chi connectivity index (χ0v) is 48.5. The molecule has 0 fully saturated rings. The van der Waals surface area contributed by atoms with E-state index in [-0.39, 0.29) is 39.2 Å². The van der Waals surface area contributed by atoms with Crippen molar-refractivity contribution in [3.63, 3.8) is 0 Å². The molecular weight excluding hydrogens is 936 g/mol. The van der Waals surface area contributed by atoms with Crippen molar-refractivity contribution in [1.29, 1.82) is 0 Å². The summed E-state index contributed by atoms with van der Waals surface area (Å²) in [5, 5.41) is 2.77. The van der Waals surface area contributed by atoms with Gasteiger partial charge in [0, 0.05) is 54.2 Å². The van der Waals surface area contributed by atoms with E-state index in [1.807, 2.05) is 11.3 Å². The molecule has 13 rings (SSSR count). The van der Waals surface area contributed by atoms with Crippen LogP contribution in [0.1, 0.15) is 156 Å². The molecule has 3 heterocycles. The van der Waals surface area contributed by atoms with Gasteiger partial charge in [0.05, 0.1) is 5.69 Å². The highest BCUT2D eigenvalue weighted by molar-refractivity contribution is 7.26. The first-order valence-electron chi connectivity index (χ1n) is 28.3. The molecule has 2 aliphatic carbocycles. The molecule has 8 aromatic carbocycles. The molecule has 0 unspecified atom stereocenters. The lowest BCUT2D eigenvalue weighted by molar-refractivity contribution is 0.332. The molecule has 0 amide bonds. The Kier molecular flexibility index (Phi) is 10.7. The fraction of sp³-hybridized carbons (Fsp3) is 0.333. The van der Waals surface area contributed by atoms with Gasteiger partial charge in [-0.15, -0.1) is 11.3 Å². The largest absolute Gasteiger partial charge is 0.311 e. The molecule has 4 heteroatoms. The van der Waals surface area contributed by atoms with Gasteiger partial charge < -0.3 is 9.80 Å². The van der Waals surface area contributed by atoms with E-state index in [4.69, 9.17) is 0 Å². The van der Waals surface area contributed by atoms with Gasteiger partial charge in [-0.3, -0.25) is 0 Å². The molecule has 0 saturated carbocycles. The lowest BCUT2D eigenvalue weighted by Gasteiger charge is -2.48. The first-order chi connectivity index (χ1) is 35.9. The summed E-state index contributed by atoms with van der Waals surface area (Å²) in [6, 6.07) is 60.1. The minimum atomic E-state index is -0.0439. The molecule has 0 bridgehead atoms. The molecule has 0 saturated heterocycles. The Morgan fingerprint density at radius 1 is 0.421 bits per heavy atom. The SMILES string of the molecule is CC(C)(C)c1ccc(N2c3cc4sc5cccc(C(C)(C)C)c5c4cc3B3c4cc5c(cc4N(c4ccc6c(c4)C(C)(C)CCC6(C)C)c4cc(-c6ccccc6)cc2c43)C(C)(C)CCC5(C)C)c(-c2ccccc2)c1. The summed E-state index contributed by atoms with van der Waals surface area (Å²) >= 11 is 1.95. The highest BCUT2D eigenvalue weighted by atomic mass is 32.1. The number of nitrogens with zero attached hydrogens (tertiary/aromatic N) is 2. The third-order valence-electron chi connectivity index (χ3n) is 18.9. The number of anilines is 6. The maximum Gasteiger partial charge on any atom is 0.252 e. The minimum absolute atomic E-state index is 0.0180. The Hall–Kier alpha value is -6.36. The maximum atomic E-state index is 2.73. The molecular formula is C72H75BN2S. The molecule has 0 atom stereocenters. The first-order valence-corrected chi connectivity index (χ1v) is 29.1. The average molecular weight is 1010 g/mol. The second kappa shape index (κ2) is 16.6. The fourth-order valence-electron chi connectivity index (χ4n) is 14.1. The van der Waals surface area contributed by atoms with Gasteiger partial charge in [-0.05, 0) is 179 Å². The molecule has 382 valence electrons. The minimum Gasteiger partial charge on any atom is -0.311 e. The van der Waals surface area contributed by atoms with Crippen LogP contribution in [0, 0.1) is 0 Å². The van der Waals surface area contributed by atoms with Gasteiger partial charge in [0.1, 0.15) is 0 Å². The van der Waals surface area contributed by atoms with Crippen molar-refractivity contribution in [3.05, 3.63) is 185 Å². The van der Waals surface area contributed by atoms with Crippen LogP contribution in [0.15, 0.2) is 152 Å². The lowest BCUT2D eigenvalue weighted by atomic mass is 9.33.